The maximum absolute atomic E-state index is 11.2. The first-order valence-corrected chi connectivity index (χ1v) is 6.22. The van der Waals surface area contributed by atoms with Gasteiger partial charge in [0.25, 0.3) is 15.7 Å². The van der Waals surface area contributed by atoms with Crippen molar-refractivity contribution in [2.45, 2.75) is 19.3 Å². The van der Waals surface area contributed by atoms with E-state index in [9.17, 15) is 13.2 Å². The van der Waals surface area contributed by atoms with Crippen LogP contribution < -0.4 is 5.56 Å². The van der Waals surface area contributed by atoms with E-state index in [0.717, 1.165) is 0 Å². The van der Waals surface area contributed by atoms with Crippen LogP contribution in [0.15, 0.2) is 23.1 Å². The van der Waals surface area contributed by atoms with Gasteiger partial charge in [0.1, 0.15) is 0 Å². The number of hydrogen-bond donors (Lipinski definition) is 2. The van der Waals surface area contributed by atoms with Crippen molar-refractivity contribution in [3.05, 3.63) is 34.2 Å². The molecule has 0 unspecified atom stereocenters. The summed E-state index contributed by atoms with van der Waals surface area (Å²) in [6.45, 7) is 0. The van der Waals surface area contributed by atoms with Gasteiger partial charge in [-0.3, -0.25) is 9.35 Å². The lowest BCUT2D eigenvalue weighted by Crippen LogP contribution is -2.11. The lowest BCUT2D eigenvalue weighted by Gasteiger charge is -1.99. The van der Waals surface area contributed by atoms with E-state index in [2.05, 4.69) is 4.98 Å². The topological polar surface area (TPSA) is 87.2 Å². The van der Waals surface area contributed by atoms with Crippen LogP contribution in [0.2, 0.25) is 0 Å². The normalized spacial score (nSPS) is 11.5. The van der Waals surface area contributed by atoms with Gasteiger partial charge in [-0.1, -0.05) is 6.07 Å². The summed E-state index contributed by atoms with van der Waals surface area (Å²) in [7, 11) is -3.87. The van der Waals surface area contributed by atoms with Gasteiger partial charge in [-0.15, -0.1) is 0 Å². The third-order valence-corrected chi connectivity index (χ3v) is 2.80. The van der Waals surface area contributed by atoms with Crippen molar-refractivity contribution in [3.8, 4) is 0 Å². The zero-order valence-corrected chi connectivity index (χ0v) is 8.96. The highest BCUT2D eigenvalue weighted by Gasteiger charge is 2.04. The summed E-state index contributed by atoms with van der Waals surface area (Å²) in [4.78, 5) is 13.7. The largest absolute Gasteiger partial charge is 0.329 e. The zero-order valence-electron chi connectivity index (χ0n) is 8.14. The van der Waals surface area contributed by atoms with Gasteiger partial charge in [-0.25, -0.2) is 0 Å². The Balaban J connectivity index is 2.39. The maximum atomic E-state index is 11.2. The van der Waals surface area contributed by atoms with Crippen molar-refractivity contribution in [1.29, 1.82) is 0 Å². The highest BCUT2D eigenvalue weighted by atomic mass is 32.2. The van der Waals surface area contributed by atoms with E-state index in [1.807, 2.05) is 0 Å². The first-order valence-electron chi connectivity index (χ1n) is 4.61. The molecule has 0 aromatic carbocycles. The second-order valence-corrected chi connectivity index (χ2v) is 4.84. The summed E-state index contributed by atoms with van der Waals surface area (Å²) >= 11 is 0. The van der Waals surface area contributed by atoms with E-state index >= 15 is 0 Å². The molecule has 1 heterocycles. The summed E-state index contributed by atoms with van der Waals surface area (Å²) in [6, 6.07) is 3.42. The monoisotopic (exact) mass is 231 g/mol. The van der Waals surface area contributed by atoms with Crippen LogP contribution in [0.1, 0.15) is 18.4 Å². The van der Waals surface area contributed by atoms with E-state index < -0.39 is 10.1 Å². The molecule has 0 aliphatic rings. The molecule has 15 heavy (non-hydrogen) atoms. The van der Waals surface area contributed by atoms with Gasteiger partial charge in [0, 0.05) is 11.8 Å². The molecule has 0 aliphatic heterocycles. The van der Waals surface area contributed by atoms with Gasteiger partial charge in [0.05, 0.1) is 5.75 Å². The van der Waals surface area contributed by atoms with E-state index in [0.29, 0.717) is 24.8 Å². The molecule has 2 N–H and O–H groups in total. The van der Waals surface area contributed by atoms with Gasteiger partial charge >= 0.3 is 0 Å². The highest BCUT2D eigenvalue weighted by Crippen LogP contribution is 2.00. The van der Waals surface area contributed by atoms with Crippen molar-refractivity contribution in [2.24, 2.45) is 0 Å². The molecule has 0 fully saturated rings. The molecule has 1 aromatic rings. The number of pyridine rings is 1. The Kier molecular flexibility index (Phi) is 4.05. The minimum absolute atomic E-state index is 0.149. The zero-order chi connectivity index (χ0) is 11.3. The van der Waals surface area contributed by atoms with Crippen molar-refractivity contribution < 1.29 is 13.0 Å². The summed E-state index contributed by atoms with van der Waals surface area (Å²) in [5.74, 6) is -0.252. The number of nitrogens with one attached hydrogen (secondary N) is 1. The van der Waals surface area contributed by atoms with Gasteiger partial charge in [0.2, 0.25) is 0 Å². The summed E-state index contributed by atoms with van der Waals surface area (Å²) in [5.41, 5.74) is 0.484. The standard InChI is InChI=1S/C9H13NO4S/c11-9-8(5-3-6-10-9)4-1-2-7-15(12,13)14/h3,5-6H,1-2,4,7H2,(H,10,11)(H,12,13,14). The molecule has 0 atom stereocenters. The molecule has 0 bridgehead atoms. The number of aryl methyl sites for hydroxylation is 1. The van der Waals surface area contributed by atoms with Crippen LogP contribution in [0.4, 0.5) is 0 Å². The van der Waals surface area contributed by atoms with Crippen molar-refractivity contribution in [3.63, 3.8) is 0 Å². The molecule has 0 aliphatic carbocycles. The minimum Gasteiger partial charge on any atom is -0.329 e. The number of aromatic nitrogens is 1. The second-order valence-electron chi connectivity index (χ2n) is 3.27. The molecule has 0 radical (unpaired) electrons. The Morgan fingerprint density at radius 1 is 1.33 bits per heavy atom. The first kappa shape index (κ1) is 11.9. The minimum atomic E-state index is -3.87. The van der Waals surface area contributed by atoms with E-state index in [1.165, 1.54) is 0 Å². The van der Waals surface area contributed by atoms with E-state index in [-0.39, 0.29) is 11.3 Å². The van der Waals surface area contributed by atoms with Crippen molar-refractivity contribution in [1.82, 2.24) is 4.98 Å². The third kappa shape index (κ3) is 4.75. The predicted octanol–water partition coefficient (Wildman–Crippen LogP) is 0.585. The quantitative estimate of drug-likeness (QED) is 0.573. The van der Waals surface area contributed by atoms with Crippen LogP contribution in [0.3, 0.4) is 0 Å². The molecule has 0 spiro atoms. The van der Waals surface area contributed by atoms with Crippen LogP contribution in [-0.4, -0.2) is 23.7 Å². The number of unbranched alkanes of at least 4 members (excludes halogenated alkanes) is 1. The summed E-state index contributed by atoms with van der Waals surface area (Å²) < 4.78 is 29.3. The molecular weight excluding hydrogens is 218 g/mol. The number of rotatable bonds is 5. The van der Waals surface area contributed by atoms with Gasteiger partial charge < -0.3 is 4.98 Å². The Morgan fingerprint density at radius 3 is 2.67 bits per heavy atom. The van der Waals surface area contributed by atoms with Crippen molar-refractivity contribution >= 4 is 10.1 Å². The number of aromatic amines is 1. The fraction of sp³-hybridized carbons (Fsp3) is 0.444. The molecule has 0 saturated heterocycles. The first-order chi connectivity index (χ1) is 6.99. The highest BCUT2D eigenvalue weighted by molar-refractivity contribution is 7.85. The molecule has 84 valence electrons. The third-order valence-electron chi connectivity index (χ3n) is 2.00. The van der Waals surface area contributed by atoms with Crippen LogP contribution in [0, 0.1) is 0 Å². The molecule has 0 amide bonds. The fourth-order valence-corrected chi connectivity index (χ4v) is 1.82. The average molecular weight is 231 g/mol. The SMILES string of the molecule is O=c1[nH]cccc1CCCCS(=O)(=O)O. The van der Waals surface area contributed by atoms with Crippen LogP contribution >= 0.6 is 0 Å². The van der Waals surface area contributed by atoms with E-state index in [1.54, 1.807) is 18.3 Å². The molecule has 5 nitrogen and oxygen atoms in total. The predicted molar refractivity (Wildman–Crippen MR) is 56.4 cm³/mol. The maximum Gasteiger partial charge on any atom is 0.264 e. The van der Waals surface area contributed by atoms with Gasteiger partial charge in [-0.05, 0) is 25.3 Å². The van der Waals surface area contributed by atoms with Gasteiger partial charge in [-0.2, -0.15) is 8.42 Å². The smallest absolute Gasteiger partial charge is 0.264 e. The van der Waals surface area contributed by atoms with Gasteiger partial charge in [0.15, 0.2) is 0 Å². The van der Waals surface area contributed by atoms with Crippen LogP contribution in [0.5, 0.6) is 0 Å². The molecule has 0 saturated carbocycles. The second kappa shape index (κ2) is 5.09. The van der Waals surface area contributed by atoms with Crippen molar-refractivity contribution in [2.75, 3.05) is 5.75 Å². The molecular formula is C9H13NO4S. The lowest BCUT2D eigenvalue weighted by atomic mass is 10.1. The molecule has 6 heteroatoms. The Morgan fingerprint density at radius 2 is 2.07 bits per heavy atom. The summed E-state index contributed by atoms with van der Waals surface area (Å²) in [5, 5.41) is 0. The fourth-order valence-electron chi connectivity index (χ4n) is 1.25. The number of H-pyrrole nitrogens is 1. The Hall–Kier alpha value is -1.14. The van der Waals surface area contributed by atoms with Crippen LogP contribution in [0.25, 0.3) is 0 Å². The molecule has 1 aromatic heterocycles. The Labute approximate surface area is 87.9 Å². The van der Waals surface area contributed by atoms with Crippen LogP contribution in [-0.2, 0) is 16.5 Å². The lowest BCUT2D eigenvalue weighted by molar-refractivity contribution is 0.480. The van der Waals surface area contributed by atoms with E-state index in [4.69, 9.17) is 4.55 Å². The Bertz CT molecular complexity index is 463. The molecule has 1 rings (SSSR count). The summed E-state index contributed by atoms with van der Waals surface area (Å²) in [6.07, 6.45) is 2.98. The average Bonchev–Trinajstić information content (AvgIpc) is 2.13. The number of hydrogen-bond acceptors (Lipinski definition) is 3.